The van der Waals surface area contributed by atoms with Crippen LogP contribution in [0.5, 0.6) is 0 Å². The van der Waals surface area contributed by atoms with Gasteiger partial charge in [0.2, 0.25) is 0 Å². The smallest absolute Gasteiger partial charge is 0.278 e. The number of hydrogen-bond acceptors (Lipinski definition) is 3. The molecule has 4 heteroatoms. The molecule has 0 bridgehead atoms. The maximum atomic E-state index is 13.3. The van der Waals surface area contributed by atoms with Gasteiger partial charge >= 0.3 is 0 Å². The summed E-state index contributed by atoms with van der Waals surface area (Å²) in [5, 5.41) is 2.06. The number of anilines is 1. The summed E-state index contributed by atoms with van der Waals surface area (Å²) in [5.74, 6) is 6.74. The zero-order chi connectivity index (χ0) is 18.2. The van der Waals surface area contributed by atoms with Crippen molar-refractivity contribution in [3.05, 3.63) is 93.7 Å². The quantitative estimate of drug-likeness (QED) is 0.663. The Hall–Kier alpha value is -3.32. The normalized spacial score (nSPS) is 15.2. The van der Waals surface area contributed by atoms with Crippen LogP contribution in [-0.4, -0.2) is 16.2 Å². The van der Waals surface area contributed by atoms with Crippen LogP contribution in [0.25, 0.3) is 0 Å². The summed E-state index contributed by atoms with van der Waals surface area (Å²) in [6.45, 7) is 0.803. The van der Waals surface area contributed by atoms with E-state index < -0.39 is 0 Å². The van der Waals surface area contributed by atoms with Crippen molar-refractivity contribution in [2.45, 2.75) is 25.2 Å². The van der Waals surface area contributed by atoms with Crippen LogP contribution in [0.15, 0.2) is 65.8 Å². The van der Waals surface area contributed by atoms with E-state index in [9.17, 15) is 4.79 Å². The van der Waals surface area contributed by atoms with E-state index in [0.29, 0.717) is 11.5 Å². The number of hydrogen-bond donors (Lipinski definition) is 0. The van der Waals surface area contributed by atoms with Gasteiger partial charge in [-0.15, -0.1) is 0 Å². The van der Waals surface area contributed by atoms with E-state index in [4.69, 9.17) is 0 Å². The Kier molecular flexibility index (Phi) is 3.79. The first-order chi connectivity index (χ1) is 13.3. The van der Waals surface area contributed by atoms with Crippen LogP contribution in [0.4, 0.5) is 5.69 Å². The molecular formula is C23H19N3O. The first kappa shape index (κ1) is 15.9. The second-order valence-corrected chi connectivity index (χ2v) is 7.06. The first-order valence-electron chi connectivity index (χ1n) is 9.34. The second kappa shape index (κ2) is 6.44. The van der Waals surface area contributed by atoms with Crippen molar-refractivity contribution in [2.75, 3.05) is 11.6 Å². The molecule has 0 unspecified atom stereocenters. The summed E-state index contributed by atoms with van der Waals surface area (Å²) < 4.78 is 1.73. The summed E-state index contributed by atoms with van der Waals surface area (Å²) in [6, 6.07) is 14.1. The van der Waals surface area contributed by atoms with Gasteiger partial charge in [-0.05, 0) is 60.6 Å². The highest BCUT2D eigenvalue weighted by atomic mass is 16.1. The molecule has 1 fully saturated rings. The van der Waals surface area contributed by atoms with Crippen molar-refractivity contribution in [1.29, 1.82) is 0 Å². The van der Waals surface area contributed by atoms with E-state index in [1.165, 1.54) is 5.56 Å². The largest absolute Gasteiger partial charge is 0.285 e. The minimum absolute atomic E-state index is 0.0347. The fraction of sp³-hybridized carbons (Fsp3) is 0.217. The lowest BCUT2D eigenvalue weighted by molar-refractivity contribution is 0.687. The van der Waals surface area contributed by atoms with Gasteiger partial charge in [-0.1, -0.05) is 30.0 Å². The maximum absolute atomic E-state index is 13.3. The monoisotopic (exact) mass is 353 g/mol. The Morgan fingerprint density at radius 3 is 2.74 bits per heavy atom. The summed E-state index contributed by atoms with van der Waals surface area (Å²) in [7, 11) is 0. The molecule has 1 aromatic carbocycles. The SMILES string of the molecule is O=c1c(C#Cc2cccnc2)c(C2CC2)ccn1N1CCc2ccccc21. The van der Waals surface area contributed by atoms with E-state index in [0.717, 1.165) is 42.6 Å². The van der Waals surface area contributed by atoms with Gasteiger partial charge in [0.15, 0.2) is 0 Å². The zero-order valence-electron chi connectivity index (χ0n) is 14.9. The fourth-order valence-corrected chi connectivity index (χ4v) is 3.71. The lowest BCUT2D eigenvalue weighted by atomic mass is 10.1. The third kappa shape index (κ3) is 2.92. The van der Waals surface area contributed by atoms with Gasteiger partial charge in [0.1, 0.15) is 0 Å². The molecule has 27 heavy (non-hydrogen) atoms. The highest BCUT2D eigenvalue weighted by Crippen LogP contribution is 2.41. The lowest BCUT2D eigenvalue weighted by Gasteiger charge is -2.22. The summed E-state index contributed by atoms with van der Waals surface area (Å²) in [4.78, 5) is 17.4. The third-order valence-corrected chi connectivity index (χ3v) is 5.24. The molecule has 2 aliphatic rings. The van der Waals surface area contributed by atoms with Crippen molar-refractivity contribution in [1.82, 2.24) is 9.66 Å². The minimum atomic E-state index is -0.0347. The van der Waals surface area contributed by atoms with Gasteiger partial charge in [-0.3, -0.25) is 14.8 Å². The molecule has 2 aromatic heterocycles. The Bertz CT molecular complexity index is 1120. The molecule has 132 valence electrons. The zero-order valence-corrected chi connectivity index (χ0v) is 14.9. The van der Waals surface area contributed by atoms with Crippen molar-refractivity contribution >= 4 is 5.69 Å². The average molecular weight is 353 g/mol. The molecule has 1 saturated carbocycles. The van der Waals surface area contributed by atoms with Crippen molar-refractivity contribution < 1.29 is 0 Å². The van der Waals surface area contributed by atoms with Crippen molar-refractivity contribution in [3.8, 4) is 11.8 Å². The Labute approximate surface area is 158 Å². The predicted molar refractivity (Wildman–Crippen MR) is 106 cm³/mol. The van der Waals surface area contributed by atoms with Crippen molar-refractivity contribution in [2.24, 2.45) is 0 Å². The molecule has 0 N–H and O–H groups in total. The highest BCUT2D eigenvalue weighted by Gasteiger charge is 2.29. The Morgan fingerprint density at radius 1 is 1.04 bits per heavy atom. The number of rotatable bonds is 2. The van der Waals surface area contributed by atoms with Gasteiger partial charge in [0.25, 0.3) is 5.56 Å². The van der Waals surface area contributed by atoms with Crippen LogP contribution in [-0.2, 0) is 6.42 Å². The molecule has 1 aliphatic heterocycles. The Balaban J connectivity index is 1.61. The van der Waals surface area contributed by atoms with Gasteiger partial charge in [-0.25, -0.2) is 4.68 Å². The summed E-state index contributed by atoms with van der Waals surface area (Å²) >= 11 is 0. The number of aromatic nitrogens is 2. The predicted octanol–water partition coefficient (Wildman–Crippen LogP) is 3.35. The van der Waals surface area contributed by atoms with Crippen molar-refractivity contribution in [3.63, 3.8) is 0 Å². The third-order valence-electron chi connectivity index (χ3n) is 5.24. The fourth-order valence-electron chi connectivity index (χ4n) is 3.71. The number of para-hydroxylation sites is 1. The van der Waals surface area contributed by atoms with Gasteiger partial charge in [-0.2, -0.15) is 0 Å². The lowest BCUT2D eigenvalue weighted by Crippen LogP contribution is -2.38. The van der Waals surface area contributed by atoms with Crippen LogP contribution in [0.3, 0.4) is 0 Å². The van der Waals surface area contributed by atoms with Gasteiger partial charge < -0.3 is 0 Å². The molecule has 3 aromatic rings. The average Bonchev–Trinajstić information content (AvgIpc) is 3.47. The minimum Gasteiger partial charge on any atom is -0.278 e. The Morgan fingerprint density at radius 2 is 1.93 bits per heavy atom. The number of benzene rings is 1. The highest BCUT2D eigenvalue weighted by molar-refractivity contribution is 5.58. The first-order valence-corrected chi connectivity index (χ1v) is 9.34. The van der Waals surface area contributed by atoms with Gasteiger partial charge in [0, 0.05) is 30.7 Å². The molecule has 0 saturated heterocycles. The van der Waals surface area contributed by atoms with Crippen LogP contribution in [0.2, 0.25) is 0 Å². The topological polar surface area (TPSA) is 38.1 Å². The molecule has 4 nitrogen and oxygen atoms in total. The standard InChI is InChI=1S/C23H19N3O/c27-23-21(10-7-17-4-3-13-24-16-17)20(18-8-9-18)12-15-26(23)25-14-11-19-5-1-2-6-22(19)25/h1-6,12-13,15-16,18H,8-9,11,14H2. The molecule has 0 atom stereocenters. The van der Waals surface area contributed by atoms with Crippen LogP contribution >= 0.6 is 0 Å². The van der Waals surface area contributed by atoms with Crippen LogP contribution in [0.1, 0.15) is 41.0 Å². The van der Waals surface area contributed by atoms with E-state index in [2.05, 4.69) is 40.0 Å². The van der Waals surface area contributed by atoms with Crippen LogP contribution in [0, 0.1) is 11.8 Å². The van der Waals surface area contributed by atoms with E-state index in [1.807, 2.05) is 30.5 Å². The van der Waals surface area contributed by atoms with E-state index in [1.54, 1.807) is 17.1 Å². The van der Waals surface area contributed by atoms with E-state index >= 15 is 0 Å². The maximum Gasteiger partial charge on any atom is 0.285 e. The molecule has 0 amide bonds. The van der Waals surface area contributed by atoms with Crippen LogP contribution < -0.4 is 10.6 Å². The molecule has 5 rings (SSSR count). The molecule has 3 heterocycles. The number of fused-ring (bicyclic) bond motifs is 1. The molecule has 1 aliphatic carbocycles. The molecule has 0 radical (unpaired) electrons. The molecule has 0 spiro atoms. The summed E-state index contributed by atoms with van der Waals surface area (Å²) in [6.07, 6.45) is 8.58. The van der Waals surface area contributed by atoms with Gasteiger partial charge in [0.05, 0.1) is 11.3 Å². The second-order valence-electron chi connectivity index (χ2n) is 7.06. The van der Waals surface area contributed by atoms with E-state index in [-0.39, 0.29) is 5.56 Å². The number of pyridine rings is 2. The number of nitrogens with zero attached hydrogens (tertiary/aromatic N) is 3. The summed E-state index contributed by atoms with van der Waals surface area (Å²) in [5.41, 5.74) is 4.87. The molecular weight excluding hydrogens is 334 g/mol.